The van der Waals surface area contributed by atoms with Gasteiger partial charge in [0.25, 0.3) is 0 Å². The summed E-state index contributed by atoms with van der Waals surface area (Å²) >= 11 is 3.27. The molecule has 0 aliphatic heterocycles. The summed E-state index contributed by atoms with van der Waals surface area (Å²) in [6, 6.07) is 4.67. The molecule has 0 bridgehead atoms. The van der Waals surface area contributed by atoms with Crippen molar-refractivity contribution >= 4 is 15.9 Å². The van der Waals surface area contributed by atoms with Crippen LogP contribution in [0.5, 0.6) is 5.75 Å². The highest BCUT2D eigenvalue weighted by atomic mass is 79.9. The molecule has 2 nitrogen and oxygen atoms in total. The van der Waals surface area contributed by atoms with Crippen molar-refractivity contribution in [3.63, 3.8) is 0 Å². The molecule has 1 N–H and O–H groups in total. The van der Waals surface area contributed by atoms with Crippen LogP contribution in [0.25, 0.3) is 0 Å². The first-order chi connectivity index (χ1) is 7.38. The average Bonchev–Trinajstić information content (AvgIpc) is 2.16. The Morgan fingerprint density at radius 2 is 2.06 bits per heavy atom. The largest absolute Gasteiger partial charge is 0.489 e. The number of benzene rings is 1. The molecule has 1 aromatic rings. The van der Waals surface area contributed by atoms with Crippen molar-refractivity contribution in [2.24, 2.45) is 0 Å². The summed E-state index contributed by atoms with van der Waals surface area (Å²) in [6.45, 7) is 7.37. The van der Waals surface area contributed by atoms with Gasteiger partial charge in [0.2, 0.25) is 0 Å². The Kier molecular flexibility index (Phi) is 4.74. The molecule has 0 heterocycles. The fraction of sp³-hybridized carbons (Fsp3) is 0.500. The van der Waals surface area contributed by atoms with Crippen LogP contribution < -0.4 is 10.1 Å². The molecule has 0 atom stereocenters. The Morgan fingerprint density at radius 1 is 1.38 bits per heavy atom. The van der Waals surface area contributed by atoms with Crippen molar-refractivity contribution in [2.75, 3.05) is 13.2 Å². The minimum Gasteiger partial charge on any atom is -0.489 e. The van der Waals surface area contributed by atoms with Crippen LogP contribution in [0, 0.1) is 5.82 Å². The van der Waals surface area contributed by atoms with E-state index in [0.29, 0.717) is 13.2 Å². The molecule has 0 saturated carbocycles. The van der Waals surface area contributed by atoms with Gasteiger partial charge in [0, 0.05) is 16.6 Å². The van der Waals surface area contributed by atoms with Crippen LogP contribution in [0.4, 0.5) is 4.39 Å². The molecule has 16 heavy (non-hydrogen) atoms. The van der Waals surface area contributed by atoms with Gasteiger partial charge in [0.05, 0.1) is 0 Å². The van der Waals surface area contributed by atoms with Gasteiger partial charge in [-0.3, -0.25) is 0 Å². The Morgan fingerprint density at radius 3 is 2.69 bits per heavy atom. The number of nitrogens with one attached hydrogen (secondary N) is 1. The summed E-state index contributed by atoms with van der Waals surface area (Å²) in [7, 11) is 0. The molecule has 0 aliphatic rings. The summed E-state index contributed by atoms with van der Waals surface area (Å²) in [5.41, 5.74) is 0.0547. The Bertz CT molecular complexity index is 349. The molecule has 0 saturated heterocycles. The predicted octanol–water partition coefficient (Wildman–Crippen LogP) is 3.36. The third-order valence-corrected chi connectivity index (χ3v) is 2.40. The molecule has 0 unspecified atom stereocenters. The van der Waals surface area contributed by atoms with Gasteiger partial charge < -0.3 is 10.1 Å². The number of hydrogen-bond donors (Lipinski definition) is 1. The number of halogens is 2. The van der Waals surface area contributed by atoms with Gasteiger partial charge in [-0.1, -0.05) is 15.9 Å². The standard InChI is InChI=1S/C12H17BrFNO/c1-12(2,3)15-6-7-16-11-8-9(13)4-5-10(11)14/h4-5,8,15H,6-7H2,1-3H3. The van der Waals surface area contributed by atoms with Crippen molar-refractivity contribution in [1.82, 2.24) is 5.32 Å². The molecule has 90 valence electrons. The van der Waals surface area contributed by atoms with E-state index >= 15 is 0 Å². The lowest BCUT2D eigenvalue weighted by Crippen LogP contribution is -2.38. The number of hydrogen-bond acceptors (Lipinski definition) is 2. The van der Waals surface area contributed by atoms with Gasteiger partial charge in [0.15, 0.2) is 11.6 Å². The summed E-state index contributed by atoms with van der Waals surface area (Å²) in [4.78, 5) is 0. The van der Waals surface area contributed by atoms with E-state index in [4.69, 9.17) is 4.74 Å². The SMILES string of the molecule is CC(C)(C)NCCOc1cc(Br)ccc1F. The van der Waals surface area contributed by atoms with E-state index in [1.165, 1.54) is 6.07 Å². The van der Waals surface area contributed by atoms with E-state index in [2.05, 4.69) is 42.0 Å². The van der Waals surface area contributed by atoms with Gasteiger partial charge in [-0.25, -0.2) is 4.39 Å². The minimum atomic E-state index is -0.334. The first-order valence-electron chi connectivity index (χ1n) is 5.21. The van der Waals surface area contributed by atoms with Crippen LogP contribution in [0.2, 0.25) is 0 Å². The predicted molar refractivity (Wildman–Crippen MR) is 67.4 cm³/mol. The summed E-state index contributed by atoms with van der Waals surface area (Å²) in [5.74, 6) is -0.0518. The van der Waals surface area contributed by atoms with Gasteiger partial charge in [0.1, 0.15) is 6.61 Å². The van der Waals surface area contributed by atoms with E-state index in [9.17, 15) is 4.39 Å². The van der Waals surface area contributed by atoms with E-state index in [1.807, 2.05) is 0 Å². The first-order valence-corrected chi connectivity index (χ1v) is 6.01. The molecule has 1 rings (SSSR count). The summed E-state index contributed by atoms with van der Waals surface area (Å²) in [6.07, 6.45) is 0. The molecule has 0 spiro atoms. The number of ether oxygens (including phenoxy) is 1. The molecule has 0 fully saturated rings. The van der Waals surface area contributed by atoms with Gasteiger partial charge in [-0.2, -0.15) is 0 Å². The maximum Gasteiger partial charge on any atom is 0.165 e. The van der Waals surface area contributed by atoms with Crippen LogP contribution in [0.3, 0.4) is 0 Å². The Labute approximate surface area is 104 Å². The molecule has 0 amide bonds. The van der Waals surface area contributed by atoms with Crippen LogP contribution in [-0.4, -0.2) is 18.7 Å². The lowest BCUT2D eigenvalue weighted by molar-refractivity contribution is 0.279. The highest BCUT2D eigenvalue weighted by molar-refractivity contribution is 9.10. The second-order valence-corrected chi connectivity index (χ2v) is 5.52. The van der Waals surface area contributed by atoms with Crippen molar-refractivity contribution in [2.45, 2.75) is 26.3 Å². The molecule has 4 heteroatoms. The van der Waals surface area contributed by atoms with Gasteiger partial charge in [-0.05, 0) is 39.0 Å². The van der Waals surface area contributed by atoms with Crippen LogP contribution in [0.1, 0.15) is 20.8 Å². The molecule has 1 aromatic carbocycles. The van der Waals surface area contributed by atoms with Crippen molar-refractivity contribution in [3.8, 4) is 5.75 Å². The van der Waals surface area contributed by atoms with Crippen molar-refractivity contribution < 1.29 is 9.13 Å². The van der Waals surface area contributed by atoms with Gasteiger partial charge in [-0.15, -0.1) is 0 Å². The van der Waals surface area contributed by atoms with Crippen LogP contribution >= 0.6 is 15.9 Å². The van der Waals surface area contributed by atoms with E-state index in [0.717, 1.165) is 4.47 Å². The zero-order valence-corrected chi connectivity index (χ0v) is 11.4. The zero-order valence-electron chi connectivity index (χ0n) is 9.81. The van der Waals surface area contributed by atoms with Crippen LogP contribution in [-0.2, 0) is 0 Å². The maximum atomic E-state index is 13.3. The molecular formula is C12H17BrFNO. The Balaban J connectivity index is 2.40. The maximum absolute atomic E-state index is 13.3. The first kappa shape index (κ1) is 13.5. The fourth-order valence-corrected chi connectivity index (χ4v) is 1.51. The number of rotatable bonds is 4. The van der Waals surface area contributed by atoms with Crippen molar-refractivity contribution in [3.05, 3.63) is 28.5 Å². The second kappa shape index (κ2) is 5.64. The Hall–Kier alpha value is -0.610. The van der Waals surface area contributed by atoms with E-state index < -0.39 is 0 Å². The lowest BCUT2D eigenvalue weighted by atomic mass is 10.1. The van der Waals surface area contributed by atoms with Gasteiger partial charge >= 0.3 is 0 Å². The fourth-order valence-electron chi connectivity index (χ4n) is 1.17. The monoisotopic (exact) mass is 289 g/mol. The highest BCUT2D eigenvalue weighted by Gasteiger charge is 2.08. The third kappa shape index (κ3) is 4.94. The van der Waals surface area contributed by atoms with E-state index in [-0.39, 0.29) is 17.1 Å². The van der Waals surface area contributed by atoms with E-state index in [1.54, 1.807) is 12.1 Å². The second-order valence-electron chi connectivity index (χ2n) is 4.60. The zero-order chi connectivity index (χ0) is 12.2. The average molecular weight is 290 g/mol. The lowest BCUT2D eigenvalue weighted by Gasteiger charge is -2.20. The highest BCUT2D eigenvalue weighted by Crippen LogP contribution is 2.21. The topological polar surface area (TPSA) is 21.3 Å². The molecule has 0 aromatic heterocycles. The quantitative estimate of drug-likeness (QED) is 0.859. The molecule has 0 radical (unpaired) electrons. The normalized spacial score (nSPS) is 11.6. The summed E-state index contributed by atoms with van der Waals surface area (Å²) in [5, 5.41) is 3.27. The third-order valence-electron chi connectivity index (χ3n) is 1.91. The molecule has 0 aliphatic carbocycles. The van der Waals surface area contributed by atoms with Crippen LogP contribution in [0.15, 0.2) is 22.7 Å². The van der Waals surface area contributed by atoms with Crippen molar-refractivity contribution in [1.29, 1.82) is 0 Å². The minimum absolute atomic E-state index is 0.0547. The summed E-state index contributed by atoms with van der Waals surface area (Å²) < 4.78 is 19.4. The molecular weight excluding hydrogens is 273 g/mol. The smallest absolute Gasteiger partial charge is 0.165 e.